The van der Waals surface area contributed by atoms with Gasteiger partial charge in [-0.25, -0.2) is 9.59 Å². The second kappa shape index (κ2) is 9.60. The Labute approximate surface area is 174 Å². The Morgan fingerprint density at radius 2 is 1.72 bits per heavy atom. The highest BCUT2D eigenvalue weighted by molar-refractivity contribution is 6.31. The van der Waals surface area contributed by atoms with Crippen LogP contribution in [0.15, 0.2) is 24.3 Å². The van der Waals surface area contributed by atoms with Crippen LogP contribution in [0.25, 0.3) is 0 Å². The number of hydrogen-bond donors (Lipinski definition) is 2. The summed E-state index contributed by atoms with van der Waals surface area (Å²) in [6.45, 7) is 8.46. The Bertz CT molecular complexity index is 920. The fraction of sp³-hybridized carbons (Fsp3) is 0.381. The van der Waals surface area contributed by atoms with E-state index in [2.05, 4.69) is 10.3 Å². The van der Waals surface area contributed by atoms with Crippen molar-refractivity contribution in [1.29, 1.82) is 0 Å². The van der Waals surface area contributed by atoms with Gasteiger partial charge in [-0.05, 0) is 51.8 Å². The number of carbonyl (C=O) groups excluding carboxylic acids is 3. The van der Waals surface area contributed by atoms with E-state index in [1.54, 1.807) is 45.9 Å². The second-order valence-corrected chi connectivity index (χ2v) is 7.34. The summed E-state index contributed by atoms with van der Waals surface area (Å²) < 4.78 is 10.5. The summed E-state index contributed by atoms with van der Waals surface area (Å²) in [5.74, 6) is -1.70. The van der Waals surface area contributed by atoms with Crippen molar-refractivity contribution in [3.05, 3.63) is 57.4 Å². The number of H-pyrrole nitrogens is 1. The number of ether oxygens (including phenoxy) is 2. The second-order valence-electron chi connectivity index (χ2n) is 6.94. The molecule has 29 heavy (non-hydrogen) atoms. The van der Waals surface area contributed by atoms with Gasteiger partial charge in [0.1, 0.15) is 5.69 Å². The zero-order valence-electron chi connectivity index (χ0n) is 17.1. The summed E-state index contributed by atoms with van der Waals surface area (Å²) >= 11 is 6.06. The Hall–Kier alpha value is -2.80. The van der Waals surface area contributed by atoms with Crippen molar-refractivity contribution in [2.45, 2.75) is 53.4 Å². The van der Waals surface area contributed by atoms with Crippen LogP contribution >= 0.6 is 11.6 Å². The van der Waals surface area contributed by atoms with Gasteiger partial charge in [-0.2, -0.15) is 0 Å². The lowest BCUT2D eigenvalue weighted by atomic mass is 10.1. The van der Waals surface area contributed by atoms with Gasteiger partial charge in [0, 0.05) is 17.3 Å². The molecule has 0 bridgehead atoms. The molecule has 2 N–H and O–H groups in total. The molecule has 7 nitrogen and oxygen atoms in total. The zero-order valence-corrected chi connectivity index (χ0v) is 17.8. The molecule has 0 aliphatic heterocycles. The van der Waals surface area contributed by atoms with E-state index in [1.807, 2.05) is 6.07 Å². The molecule has 0 aliphatic rings. The van der Waals surface area contributed by atoms with Gasteiger partial charge in [0.25, 0.3) is 5.91 Å². The third kappa shape index (κ3) is 5.60. The normalized spacial score (nSPS) is 11.8. The molecule has 0 spiro atoms. The number of hydrogen-bond acceptors (Lipinski definition) is 5. The fourth-order valence-corrected chi connectivity index (χ4v) is 2.98. The van der Waals surface area contributed by atoms with E-state index in [1.165, 1.54) is 6.92 Å². The van der Waals surface area contributed by atoms with Crippen molar-refractivity contribution in [1.82, 2.24) is 10.3 Å². The maximum atomic E-state index is 12.5. The van der Waals surface area contributed by atoms with Gasteiger partial charge in [0.05, 0.1) is 11.7 Å². The lowest BCUT2D eigenvalue weighted by Gasteiger charge is -2.14. The first-order valence-electron chi connectivity index (χ1n) is 9.24. The van der Waals surface area contributed by atoms with Crippen molar-refractivity contribution in [2.24, 2.45) is 0 Å². The number of carbonyl (C=O) groups is 3. The Balaban J connectivity index is 2.03. The maximum absolute atomic E-state index is 12.5. The van der Waals surface area contributed by atoms with E-state index in [-0.39, 0.29) is 18.3 Å². The van der Waals surface area contributed by atoms with Crippen LogP contribution in [0.4, 0.5) is 0 Å². The molecule has 1 unspecified atom stereocenters. The number of aromatic nitrogens is 1. The first kappa shape index (κ1) is 22.5. The maximum Gasteiger partial charge on any atom is 0.355 e. The van der Waals surface area contributed by atoms with Crippen LogP contribution in [0, 0.1) is 13.8 Å². The summed E-state index contributed by atoms with van der Waals surface area (Å²) in [6, 6.07) is 7.13. The highest BCUT2D eigenvalue weighted by Crippen LogP contribution is 2.21. The average molecular weight is 421 g/mol. The minimum Gasteiger partial charge on any atom is -0.459 e. The lowest BCUT2D eigenvalue weighted by Crippen LogP contribution is -2.35. The number of aromatic amines is 1. The molecule has 1 amide bonds. The molecular formula is C21H25ClN2O5. The highest BCUT2D eigenvalue weighted by atomic mass is 35.5. The molecule has 1 aromatic heterocycles. The molecule has 8 heteroatoms. The fourth-order valence-electron chi connectivity index (χ4n) is 2.77. The monoisotopic (exact) mass is 420 g/mol. The number of halogens is 1. The topological polar surface area (TPSA) is 97.5 Å². The summed E-state index contributed by atoms with van der Waals surface area (Å²) in [4.78, 5) is 39.9. The number of rotatable bonds is 7. The van der Waals surface area contributed by atoms with E-state index in [9.17, 15) is 14.4 Å². The van der Waals surface area contributed by atoms with Gasteiger partial charge in [-0.15, -0.1) is 0 Å². The summed E-state index contributed by atoms with van der Waals surface area (Å²) in [6.07, 6.45) is -1.31. The van der Waals surface area contributed by atoms with Crippen LogP contribution in [0.1, 0.15) is 58.4 Å². The Kier molecular flexibility index (Phi) is 7.45. The van der Waals surface area contributed by atoms with Crippen molar-refractivity contribution in [3.63, 3.8) is 0 Å². The van der Waals surface area contributed by atoms with Crippen LogP contribution in [-0.2, 0) is 20.8 Å². The molecule has 0 fully saturated rings. The van der Waals surface area contributed by atoms with Crippen LogP contribution in [-0.4, -0.2) is 35.0 Å². The summed E-state index contributed by atoms with van der Waals surface area (Å²) in [7, 11) is 0. The third-order valence-corrected chi connectivity index (χ3v) is 4.62. The van der Waals surface area contributed by atoms with Crippen molar-refractivity contribution < 1.29 is 23.9 Å². The van der Waals surface area contributed by atoms with E-state index >= 15 is 0 Å². The molecule has 2 aromatic rings. The highest BCUT2D eigenvalue weighted by Gasteiger charge is 2.26. The van der Waals surface area contributed by atoms with Gasteiger partial charge in [0.2, 0.25) is 0 Å². The first-order valence-corrected chi connectivity index (χ1v) is 9.61. The minimum atomic E-state index is -1.03. The van der Waals surface area contributed by atoms with Crippen molar-refractivity contribution in [3.8, 4) is 0 Å². The largest absolute Gasteiger partial charge is 0.459 e. The average Bonchev–Trinajstić information content (AvgIpc) is 2.94. The quantitative estimate of drug-likeness (QED) is 0.665. The Morgan fingerprint density at radius 3 is 2.34 bits per heavy atom. The van der Waals surface area contributed by atoms with Crippen LogP contribution in [0.3, 0.4) is 0 Å². The number of nitrogens with one attached hydrogen (secondary N) is 2. The molecule has 0 saturated heterocycles. The van der Waals surface area contributed by atoms with Gasteiger partial charge >= 0.3 is 11.9 Å². The number of aryl methyl sites for hydroxylation is 1. The van der Waals surface area contributed by atoms with E-state index in [0.717, 1.165) is 5.56 Å². The molecule has 2 rings (SSSR count). The van der Waals surface area contributed by atoms with Crippen LogP contribution < -0.4 is 5.32 Å². The molecule has 1 aromatic carbocycles. The van der Waals surface area contributed by atoms with Crippen molar-refractivity contribution >= 4 is 29.4 Å². The third-order valence-electron chi connectivity index (χ3n) is 4.25. The van der Waals surface area contributed by atoms with Crippen molar-refractivity contribution in [2.75, 3.05) is 0 Å². The molecular weight excluding hydrogens is 396 g/mol. The Morgan fingerprint density at radius 1 is 1.07 bits per heavy atom. The predicted molar refractivity (Wildman–Crippen MR) is 109 cm³/mol. The number of amides is 1. The van der Waals surface area contributed by atoms with Crippen LogP contribution in [0.2, 0.25) is 5.02 Å². The summed E-state index contributed by atoms with van der Waals surface area (Å²) in [5.41, 5.74) is 2.08. The van der Waals surface area contributed by atoms with Gasteiger partial charge in [-0.3, -0.25) is 4.79 Å². The van der Waals surface area contributed by atoms with E-state index in [4.69, 9.17) is 21.1 Å². The van der Waals surface area contributed by atoms with Gasteiger partial charge in [-0.1, -0.05) is 29.8 Å². The standard InChI is InChI=1S/C21H25ClN2O5/c1-11(2)28-20(26)17-12(3)18(24-13(17)4)21(27)29-14(5)19(25)23-10-15-8-6-7-9-16(15)22/h6-9,11,14,24H,10H2,1-5H3,(H,23,25). The molecule has 1 atom stereocenters. The molecule has 0 saturated carbocycles. The van der Waals surface area contributed by atoms with E-state index in [0.29, 0.717) is 21.8 Å². The predicted octanol–water partition coefficient (Wildman–Crippen LogP) is 3.71. The molecule has 156 valence electrons. The van der Waals surface area contributed by atoms with E-state index < -0.39 is 23.9 Å². The molecule has 0 aliphatic carbocycles. The van der Waals surface area contributed by atoms with Gasteiger partial charge < -0.3 is 19.8 Å². The van der Waals surface area contributed by atoms with Crippen LogP contribution in [0.5, 0.6) is 0 Å². The number of benzene rings is 1. The van der Waals surface area contributed by atoms with Gasteiger partial charge in [0.15, 0.2) is 6.10 Å². The minimum absolute atomic E-state index is 0.115. The SMILES string of the molecule is Cc1[nH]c(C(=O)OC(C)C(=O)NCc2ccccc2Cl)c(C)c1C(=O)OC(C)C. The molecule has 1 heterocycles. The zero-order chi connectivity index (χ0) is 21.7. The lowest BCUT2D eigenvalue weighted by molar-refractivity contribution is -0.129. The smallest absolute Gasteiger partial charge is 0.355 e. The summed E-state index contributed by atoms with van der Waals surface area (Å²) in [5, 5.41) is 3.22. The number of esters is 2. The molecule has 0 radical (unpaired) electrons. The first-order chi connectivity index (χ1) is 13.6.